The maximum atomic E-state index is 10.9. The van der Waals surface area contributed by atoms with Crippen molar-refractivity contribution >= 4 is 24.4 Å². The van der Waals surface area contributed by atoms with Crippen LogP contribution in [-0.4, -0.2) is 35.5 Å². The number of carboxylic acid groups (broad SMARTS) is 1. The third-order valence-corrected chi connectivity index (χ3v) is 2.55. The second kappa shape index (κ2) is 3.69. The number of benzene rings is 1. The molecule has 16 heavy (non-hydrogen) atoms. The molecule has 7 heteroatoms. The minimum Gasteiger partial charge on any atom is -0.506 e. The molecular weight excluding hydrogens is 213 g/mol. The second-order valence-corrected chi connectivity index (χ2v) is 3.51. The van der Waals surface area contributed by atoms with E-state index in [4.69, 9.17) is 9.76 Å². The van der Waals surface area contributed by atoms with Crippen molar-refractivity contribution in [2.24, 2.45) is 0 Å². The van der Waals surface area contributed by atoms with E-state index in [1.54, 1.807) is 6.07 Å². The lowest BCUT2D eigenvalue weighted by Crippen LogP contribution is -2.36. The minimum absolute atomic E-state index is 0.0648. The maximum absolute atomic E-state index is 10.9. The number of hydrogen-bond acceptors (Lipinski definition) is 4. The molecular formula is C9H10BNO5. The summed E-state index contributed by atoms with van der Waals surface area (Å²) < 4.78 is 4.97. The highest BCUT2D eigenvalue weighted by Gasteiger charge is 2.34. The zero-order valence-electron chi connectivity index (χ0n) is 8.54. The molecule has 0 bridgehead atoms. The van der Waals surface area contributed by atoms with Gasteiger partial charge in [0.25, 0.3) is 0 Å². The maximum Gasteiger partial charge on any atom is 0.494 e. The molecule has 1 aliphatic rings. The molecule has 0 fully saturated rings. The summed E-state index contributed by atoms with van der Waals surface area (Å²) >= 11 is 0. The third-order valence-electron chi connectivity index (χ3n) is 2.55. The molecule has 1 heterocycles. The number of anilines is 1. The molecule has 1 aromatic rings. The lowest BCUT2D eigenvalue weighted by atomic mass is 9.77. The first-order chi connectivity index (χ1) is 7.52. The average Bonchev–Trinajstić information content (AvgIpc) is 2.60. The Labute approximate surface area is 91.8 Å². The number of phenols is 1. The van der Waals surface area contributed by atoms with Gasteiger partial charge in [0.15, 0.2) is 0 Å². The van der Waals surface area contributed by atoms with Crippen LogP contribution in [0.5, 0.6) is 5.75 Å². The highest BCUT2D eigenvalue weighted by molar-refractivity contribution is 6.63. The summed E-state index contributed by atoms with van der Waals surface area (Å²) in [5, 5.41) is 28.1. The molecule has 6 nitrogen and oxygen atoms in total. The van der Waals surface area contributed by atoms with Crippen molar-refractivity contribution in [3.63, 3.8) is 0 Å². The Kier molecular flexibility index (Phi) is 2.49. The van der Waals surface area contributed by atoms with Crippen molar-refractivity contribution in [2.75, 3.05) is 11.9 Å². The molecule has 0 saturated heterocycles. The number of aromatic hydroxyl groups is 1. The topological polar surface area (TPSA) is 90.2 Å². The lowest BCUT2D eigenvalue weighted by molar-refractivity contribution is 0.203. The highest BCUT2D eigenvalue weighted by atomic mass is 16.5. The fourth-order valence-corrected chi connectivity index (χ4v) is 1.74. The van der Waals surface area contributed by atoms with Gasteiger partial charge in [0, 0.05) is 12.5 Å². The Morgan fingerprint density at radius 1 is 1.56 bits per heavy atom. The molecule has 3 N–H and O–H groups in total. The average molecular weight is 223 g/mol. The first kappa shape index (κ1) is 10.8. The fraction of sp³-hybridized carbons (Fsp3) is 0.222. The quantitative estimate of drug-likeness (QED) is 0.570. The zero-order valence-corrected chi connectivity index (χ0v) is 8.54. The van der Waals surface area contributed by atoms with E-state index in [9.17, 15) is 14.9 Å². The first-order valence-electron chi connectivity index (χ1n) is 4.63. The van der Waals surface area contributed by atoms with Crippen LogP contribution in [-0.2, 0) is 11.3 Å². The van der Waals surface area contributed by atoms with Crippen LogP contribution < -0.4 is 10.4 Å². The molecule has 1 aromatic carbocycles. The van der Waals surface area contributed by atoms with E-state index in [2.05, 4.69) is 0 Å². The second-order valence-electron chi connectivity index (χ2n) is 3.51. The molecule has 0 unspecified atom stereocenters. The van der Waals surface area contributed by atoms with Crippen LogP contribution in [0.3, 0.4) is 0 Å². The predicted octanol–water partition coefficient (Wildman–Crippen LogP) is -0.276. The standard InChI is InChI=1S/C9H10BNO5/c1-11(9(13)14)8-6(12)3-2-5-4-16-10(15)7(5)8/h2-3,12,15H,4H2,1H3,(H,13,14). The van der Waals surface area contributed by atoms with Crippen LogP contribution in [0.2, 0.25) is 0 Å². The number of rotatable bonds is 1. The Balaban J connectivity index is 2.60. The molecule has 0 radical (unpaired) electrons. The number of nitrogens with zero attached hydrogens (tertiary/aromatic N) is 1. The summed E-state index contributed by atoms with van der Waals surface area (Å²) in [5.41, 5.74) is 1.05. The van der Waals surface area contributed by atoms with E-state index in [1.807, 2.05) is 0 Å². The predicted molar refractivity (Wildman–Crippen MR) is 56.9 cm³/mol. The number of phenolic OH excluding ortho intramolecular Hbond substituents is 1. The van der Waals surface area contributed by atoms with Gasteiger partial charge in [-0.2, -0.15) is 0 Å². The molecule has 84 valence electrons. The van der Waals surface area contributed by atoms with E-state index in [0.717, 1.165) is 4.90 Å². The van der Waals surface area contributed by atoms with E-state index in [0.29, 0.717) is 11.0 Å². The molecule has 1 aliphatic heterocycles. The summed E-state index contributed by atoms with van der Waals surface area (Å²) in [5.74, 6) is -0.201. The monoisotopic (exact) mass is 223 g/mol. The van der Waals surface area contributed by atoms with Gasteiger partial charge in [0.1, 0.15) is 5.75 Å². The van der Waals surface area contributed by atoms with E-state index >= 15 is 0 Å². The number of carbonyl (C=O) groups is 1. The van der Waals surface area contributed by atoms with Gasteiger partial charge in [0.2, 0.25) is 0 Å². The van der Waals surface area contributed by atoms with E-state index < -0.39 is 13.2 Å². The summed E-state index contributed by atoms with van der Waals surface area (Å²) in [6, 6.07) is 2.98. The Morgan fingerprint density at radius 2 is 2.25 bits per heavy atom. The summed E-state index contributed by atoms with van der Waals surface area (Å²) in [6.07, 6.45) is -1.22. The van der Waals surface area contributed by atoms with Gasteiger partial charge in [-0.1, -0.05) is 6.07 Å². The van der Waals surface area contributed by atoms with Crippen LogP contribution in [0.4, 0.5) is 10.5 Å². The molecule has 1 amide bonds. The third kappa shape index (κ3) is 1.50. The smallest absolute Gasteiger partial charge is 0.494 e. The van der Waals surface area contributed by atoms with Gasteiger partial charge in [-0.05, 0) is 11.6 Å². The number of hydrogen-bond donors (Lipinski definition) is 3. The van der Waals surface area contributed by atoms with Crippen molar-refractivity contribution in [1.29, 1.82) is 0 Å². The summed E-state index contributed by atoms with van der Waals surface area (Å²) in [7, 11) is 0.0989. The van der Waals surface area contributed by atoms with Crippen LogP contribution in [0, 0.1) is 0 Å². The molecule has 0 spiro atoms. The van der Waals surface area contributed by atoms with Gasteiger partial charge in [-0.15, -0.1) is 0 Å². The zero-order chi connectivity index (χ0) is 11.9. The minimum atomic E-state index is -1.22. The van der Waals surface area contributed by atoms with Crippen LogP contribution in [0.15, 0.2) is 12.1 Å². The Hall–Kier alpha value is -1.73. The van der Waals surface area contributed by atoms with Crippen molar-refractivity contribution < 1.29 is 24.7 Å². The summed E-state index contributed by atoms with van der Waals surface area (Å²) in [6.45, 7) is 0.206. The number of fused-ring (bicyclic) bond motifs is 1. The molecule has 2 rings (SSSR count). The van der Waals surface area contributed by atoms with Crippen LogP contribution in [0.1, 0.15) is 5.56 Å². The van der Waals surface area contributed by atoms with E-state index in [-0.39, 0.29) is 18.0 Å². The molecule has 0 saturated carbocycles. The van der Waals surface area contributed by atoms with Crippen molar-refractivity contribution in [1.82, 2.24) is 0 Å². The van der Waals surface area contributed by atoms with Gasteiger partial charge >= 0.3 is 13.2 Å². The molecule has 0 atom stereocenters. The van der Waals surface area contributed by atoms with Gasteiger partial charge in [-0.25, -0.2) is 4.79 Å². The summed E-state index contributed by atoms with van der Waals surface area (Å²) in [4.78, 5) is 11.7. The van der Waals surface area contributed by atoms with Crippen molar-refractivity contribution in [3.05, 3.63) is 17.7 Å². The van der Waals surface area contributed by atoms with Crippen LogP contribution >= 0.6 is 0 Å². The Morgan fingerprint density at radius 3 is 2.88 bits per heavy atom. The van der Waals surface area contributed by atoms with Gasteiger partial charge < -0.3 is 19.9 Å². The van der Waals surface area contributed by atoms with Crippen LogP contribution in [0.25, 0.3) is 0 Å². The molecule has 0 aromatic heterocycles. The van der Waals surface area contributed by atoms with Gasteiger partial charge in [0.05, 0.1) is 12.3 Å². The van der Waals surface area contributed by atoms with Crippen molar-refractivity contribution in [3.8, 4) is 5.75 Å². The van der Waals surface area contributed by atoms with Gasteiger partial charge in [-0.3, -0.25) is 4.90 Å². The fourth-order valence-electron chi connectivity index (χ4n) is 1.74. The lowest BCUT2D eigenvalue weighted by Gasteiger charge is -2.18. The highest BCUT2D eigenvalue weighted by Crippen LogP contribution is 2.28. The first-order valence-corrected chi connectivity index (χ1v) is 4.63. The number of amides is 1. The Bertz CT molecular complexity index is 450. The van der Waals surface area contributed by atoms with E-state index in [1.165, 1.54) is 13.1 Å². The van der Waals surface area contributed by atoms with Crippen molar-refractivity contribution in [2.45, 2.75) is 6.61 Å². The largest absolute Gasteiger partial charge is 0.506 e. The SMILES string of the molecule is CN(C(=O)O)c1c(O)ccc2c1B(O)OC2. The molecule has 0 aliphatic carbocycles. The normalized spacial score (nSPS) is 13.8.